The van der Waals surface area contributed by atoms with Crippen LogP contribution in [0.15, 0.2) is 0 Å². The third kappa shape index (κ3) is 8.22. The number of aliphatic hydroxyl groups is 1. The minimum Gasteiger partial charge on any atom is -0.463 e. The molecule has 32 heavy (non-hydrogen) atoms. The predicted octanol–water partition coefficient (Wildman–Crippen LogP) is 2.60. The second kappa shape index (κ2) is 11.2. The number of carbonyl (C=O) groups is 3. The summed E-state index contributed by atoms with van der Waals surface area (Å²) in [5.41, 5.74) is -1.29. The quantitative estimate of drug-likeness (QED) is 0.468. The van der Waals surface area contributed by atoms with Gasteiger partial charge in [0, 0.05) is 30.3 Å². The minimum atomic E-state index is -0.704. The second-order valence-corrected chi connectivity index (χ2v) is 12.3. The number of nitrogens with zero attached hydrogens (tertiary/aromatic N) is 2. The highest BCUT2D eigenvalue weighted by molar-refractivity contribution is 8.00. The maximum absolute atomic E-state index is 12.8. The summed E-state index contributed by atoms with van der Waals surface area (Å²) in [5, 5.41) is 9.49. The van der Waals surface area contributed by atoms with Gasteiger partial charge in [0.05, 0.1) is 17.9 Å². The molecule has 2 aliphatic heterocycles. The van der Waals surface area contributed by atoms with E-state index in [0.717, 1.165) is 5.75 Å². The van der Waals surface area contributed by atoms with Gasteiger partial charge in [-0.25, -0.2) is 14.4 Å². The first-order valence-corrected chi connectivity index (χ1v) is 13.0. The molecule has 2 aliphatic rings. The van der Waals surface area contributed by atoms with E-state index < -0.39 is 35.4 Å². The molecule has 0 saturated carbocycles. The zero-order chi connectivity index (χ0) is 24.1. The Hall–Kier alpha value is -1.33. The first-order valence-electron chi connectivity index (χ1n) is 10.8. The molecule has 1 N–H and O–H groups in total. The SMILES string of the molecule is CC(C)(C)OC(=O)N1CC(COC(=O)C2CSCCN2C(=O)OC(C)(C)C)SCC1CO. The van der Waals surface area contributed by atoms with Crippen LogP contribution in [0.2, 0.25) is 0 Å². The molecule has 2 fully saturated rings. The molecule has 0 aromatic heterocycles. The molecule has 0 bridgehead atoms. The average Bonchev–Trinajstić information content (AvgIpc) is 2.69. The lowest BCUT2D eigenvalue weighted by Crippen LogP contribution is -2.54. The van der Waals surface area contributed by atoms with Crippen molar-refractivity contribution in [1.82, 2.24) is 9.80 Å². The summed E-state index contributed by atoms with van der Waals surface area (Å²) < 4.78 is 16.5. The van der Waals surface area contributed by atoms with E-state index in [4.69, 9.17) is 14.2 Å². The van der Waals surface area contributed by atoms with Gasteiger partial charge in [-0.2, -0.15) is 23.5 Å². The summed E-state index contributed by atoms with van der Waals surface area (Å²) >= 11 is 3.13. The van der Waals surface area contributed by atoms with E-state index >= 15 is 0 Å². The number of thioether (sulfide) groups is 2. The summed E-state index contributed by atoms with van der Waals surface area (Å²) in [4.78, 5) is 40.8. The normalized spacial score (nSPS) is 24.7. The molecule has 2 heterocycles. The number of amides is 2. The molecular weight excluding hydrogens is 456 g/mol. The Morgan fingerprint density at radius 1 is 0.969 bits per heavy atom. The lowest BCUT2D eigenvalue weighted by Gasteiger charge is -2.39. The highest BCUT2D eigenvalue weighted by atomic mass is 32.2. The molecule has 0 aromatic carbocycles. The van der Waals surface area contributed by atoms with Crippen molar-refractivity contribution < 1.29 is 33.7 Å². The number of rotatable bonds is 4. The third-order valence-electron chi connectivity index (χ3n) is 4.64. The summed E-state index contributed by atoms with van der Waals surface area (Å²) in [6, 6.07) is -1.05. The van der Waals surface area contributed by atoms with Crippen molar-refractivity contribution in [3.05, 3.63) is 0 Å². The van der Waals surface area contributed by atoms with Gasteiger partial charge in [-0.15, -0.1) is 0 Å². The molecule has 3 atom stereocenters. The molecule has 2 rings (SSSR count). The van der Waals surface area contributed by atoms with Crippen LogP contribution in [0.4, 0.5) is 9.59 Å². The van der Waals surface area contributed by atoms with Crippen molar-refractivity contribution in [2.24, 2.45) is 0 Å². The summed E-state index contributed by atoms with van der Waals surface area (Å²) in [6.07, 6.45) is -1.01. The molecule has 3 unspecified atom stereocenters. The van der Waals surface area contributed by atoms with Gasteiger partial charge in [-0.05, 0) is 41.5 Å². The van der Waals surface area contributed by atoms with E-state index in [1.165, 1.54) is 9.80 Å². The van der Waals surface area contributed by atoms with Gasteiger partial charge in [0.1, 0.15) is 23.9 Å². The Bertz CT molecular complexity index is 678. The Balaban J connectivity index is 1.95. The van der Waals surface area contributed by atoms with Crippen molar-refractivity contribution in [2.45, 2.75) is 70.1 Å². The van der Waals surface area contributed by atoms with E-state index in [-0.39, 0.29) is 24.5 Å². The molecule has 2 saturated heterocycles. The van der Waals surface area contributed by atoms with Crippen molar-refractivity contribution in [3.8, 4) is 0 Å². The van der Waals surface area contributed by atoms with Crippen LogP contribution in [0.1, 0.15) is 41.5 Å². The molecule has 2 amide bonds. The van der Waals surface area contributed by atoms with Crippen LogP contribution in [-0.4, -0.2) is 105 Å². The number of aliphatic hydroxyl groups excluding tert-OH is 1. The molecule has 0 radical (unpaired) electrons. The third-order valence-corrected chi connectivity index (χ3v) is 7.00. The van der Waals surface area contributed by atoms with Crippen LogP contribution in [-0.2, 0) is 19.0 Å². The molecule has 184 valence electrons. The summed E-state index contributed by atoms with van der Waals surface area (Å²) in [5.74, 6) is 1.22. The van der Waals surface area contributed by atoms with E-state index in [0.29, 0.717) is 24.6 Å². The van der Waals surface area contributed by atoms with Crippen molar-refractivity contribution in [2.75, 3.05) is 43.6 Å². The van der Waals surface area contributed by atoms with E-state index in [2.05, 4.69) is 0 Å². The molecular formula is C21H36N2O7S2. The molecule has 11 heteroatoms. The van der Waals surface area contributed by atoms with Gasteiger partial charge in [0.15, 0.2) is 0 Å². The zero-order valence-corrected chi connectivity index (χ0v) is 21.4. The highest BCUT2D eigenvalue weighted by Crippen LogP contribution is 2.26. The zero-order valence-electron chi connectivity index (χ0n) is 19.8. The topological polar surface area (TPSA) is 106 Å². The Morgan fingerprint density at radius 3 is 2.12 bits per heavy atom. The molecule has 0 spiro atoms. The number of esters is 1. The van der Waals surface area contributed by atoms with Gasteiger partial charge < -0.3 is 24.2 Å². The fraction of sp³-hybridized carbons (Fsp3) is 0.857. The highest BCUT2D eigenvalue weighted by Gasteiger charge is 2.38. The smallest absolute Gasteiger partial charge is 0.411 e. The number of carbonyl (C=O) groups excluding carboxylic acids is 3. The minimum absolute atomic E-state index is 0.101. The van der Waals surface area contributed by atoms with Gasteiger partial charge in [-0.1, -0.05) is 0 Å². The standard InChI is InChI=1S/C21H36N2O7S2/c1-20(2,3)29-18(26)22-7-8-31-13-16(22)17(25)28-11-15-9-23(14(10-24)12-32-15)19(27)30-21(4,5)6/h14-16,24H,7-13H2,1-6H3. The Morgan fingerprint density at radius 2 is 1.56 bits per heavy atom. The van der Waals surface area contributed by atoms with Crippen LogP contribution in [0.5, 0.6) is 0 Å². The van der Waals surface area contributed by atoms with E-state index in [1.54, 1.807) is 65.1 Å². The summed E-state index contributed by atoms with van der Waals surface area (Å²) in [7, 11) is 0. The van der Waals surface area contributed by atoms with Crippen LogP contribution in [0, 0.1) is 0 Å². The van der Waals surface area contributed by atoms with E-state index in [9.17, 15) is 19.5 Å². The van der Waals surface area contributed by atoms with Crippen molar-refractivity contribution >= 4 is 41.7 Å². The van der Waals surface area contributed by atoms with Gasteiger partial charge in [-0.3, -0.25) is 4.90 Å². The molecule has 0 aliphatic carbocycles. The fourth-order valence-corrected chi connectivity index (χ4v) is 5.41. The van der Waals surface area contributed by atoms with Crippen molar-refractivity contribution in [3.63, 3.8) is 0 Å². The maximum atomic E-state index is 12.8. The number of hydrogen-bond acceptors (Lipinski definition) is 9. The summed E-state index contributed by atoms with van der Waals surface area (Å²) in [6.45, 7) is 11.4. The first kappa shape index (κ1) is 26.9. The monoisotopic (exact) mass is 492 g/mol. The van der Waals surface area contributed by atoms with Crippen LogP contribution >= 0.6 is 23.5 Å². The van der Waals surface area contributed by atoms with E-state index in [1.807, 2.05) is 0 Å². The van der Waals surface area contributed by atoms with Crippen molar-refractivity contribution in [1.29, 1.82) is 0 Å². The van der Waals surface area contributed by atoms with Gasteiger partial charge in [0.25, 0.3) is 0 Å². The fourth-order valence-electron chi connectivity index (χ4n) is 3.16. The van der Waals surface area contributed by atoms with Crippen LogP contribution in [0.25, 0.3) is 0 Å². The molecule has 0 aromatic rings. The Labute approximate surface area is 198 Å². The van der Waals surface area contributed by atoms with Crippen LogP contribution < -0.4 is 0 Å². The average molecular weight is 493 g/mol. The lowest BCUT2D eigenvalue weighted by atomic mass is 10.2. The predicted molar refractivity (Wildman–Crippen MR) is 125 cm³/mol. The maximum Gasteiger partial charge on any atom is 0.411 e. The number of ether oxygens (including phenoxy) is 3. The largest absolute Gasteiger partial charge is 0.463 e. The van der Waals surface area contributed by atoms with Gasteiger partial charge >= 0.3 is 18.2 Å². The van der Waals surface area contributed by atoms with Crippen LogP contribution in [0.3, 0.4) is 0 Å². The Kier molecular flexibility index (Phi) is 9.42. The lowest BCUT2D eigenvalue weighted by molar-refractivity contribution is -0.149. The van der Waals surface area contributed by atoms with Gasteiger partial charge in [0.2, 0.25) is 0 Å². The molecule has 9 nitrogen and oxygen atoms in total. The second-order valence-electron chi connectivity index (χ2n) is 9.82. The number of hydrogen-bond donors (Lipinski definition) is 1. The first-order chi connectivity index (χ1) is 14.8.